The van der Waals surface area contributed by atoms with Crippen LogP contribution in [0.15, 0.2) is 60.0 Å². The van der Waals surface area contributed by atoms with Crippen LogP contribution in [0.4, 0.5) is 5.69 Å². The summed E-state index contributed by atoms with van der Waals surface area (Å²) in [6.45, 7) is 3.48. The van der Waals surface area contributed by atoms with Gasteiger partial charge in [-0.25, -0.2) is 0 Å². The van der Waals surface area contributed by atoms with Gasteiger partial charge >= 0.3 is 0 Å². The van der Waals surface area contributed by atoms with Gasteiger partial charge in [-0.15, -0.1) is 11.3 Å². The van der Waals surface area contributed by atoms with E-state index in [1.54, 1.807) is 17.4 Å². The second-order valence-corrected chi connectivity index (χ2v) is 12.7. The molecule has 2 fully saturated rings. The third-order valence-electron chi connectivity index (χ3n) is 8.72. The lowest BCUT2D eigenvalue weighted by molar-refractivity contribution is -0.121. The quantitative estimate of drug-likeness (QED) is 0.328. The van der Waals surface area contributed by atoms with Gasteiger partial charge in [0.25, 0.3) is 0 Å². The van der Waals surface area contributed by atoms with Gasteiger partial charge in [-0.2, -0.15) is 5.26 Å². The van der Waals surface area contributed by atoms with Crippen molar-refractivity contribution in [3.05, 3.63) is 81.5 Å². The maximum Gasteiger partial charge on any atom is 0.225 e. The number of aliphatic hydroxyl groups is 1. The van der Waals surface area contributed by atoms with Crippen LogP contribution in [-0.2, 0) is 22.4 Å². The number of thiophene rings is 1. The number of anilines is 1. The number of carbonyl (C=O) groups excluding carboxylic acids is 1. The zero-order valence-electron chi connectivity index (χ0n) is 23.8. The number of hydrogen-bond acceptors (Lipinski definition) is 8. The summed E-state index contributed by atoms with van der Waals surface area (Å²) < 4.78 is 12.1. The first-order chi connectivity index (χ1) is 20.5. The van der Waals surface area contributed by atoms with E-state index in [1.165, 1.54) is 0 Å². The summed E-state index contributed by atoms with van der Waals surface area (Å²) >= 11 is 1.54. The molecular formula is C33H38N4O4S. The molecule has 0 bridgehead atoms. The van der Waals surface area contributed by atoms with Crippen LogP contribution in [0.5, 0.6) is 5.75 Å². The van der Waals surface area contributed by atoms with E-state index in [9.17, 15) is 15.2 Å². The lowest BCUT2D eigenvalue weighted by Crippen LogP contribution is -2.52. The second-order valence-electron chi connectivity index (χ2n) is 11.6. The lowest BCUT2D eigenvalue weighted by atomic mass is 9.73. The largest absolute Gasteiger partial charge is 0.487 e. The van der Waals surface area contributed by atoms with Crippen LogP contribution in [0, 0.1) is 11.3 Å². The van der Waals surface area contributed by atoms with Crippen molar-refractivity contribution >= 4 is 22.9 Å². The number of amides is 1. The maximum atomic E-state index is 13.0. The van der Waals surface area contributed by atoms with Crippen LogP contribution >= 0.6 is 11.3 Å². The average Bonchev–Trinajstić information content (AvgIpc) is 3.51. The number of nitrogens with zero attached hydrogens (tertiary/aromatic N) is 2. The molecule has 2 aromatic carbocycles. The summed E-state index contributed by atoms with van der Waals surface area (Å²) in [5.74, 6) is 0.789. The number of benzene rings is 2. The number of hydrogen-bond donors (Lipinski definition) is 3. The van der Waals surface area contributed by atoms with Gasteiger partial charge in [0.05, 0.1) is 43.4 Å². The van der Waals surface area contributed by atoms with Crippen molar-refractivity contribution in [1.29, 1.82) is 5.26 Å². The summed E-state index contributed by atoms with van der Waals surface area (Å²) in [5.41, 5.74) is 3.58. The van der Waals surface area contributed by atoms with Crippen molar-refractivity contribution in [2.24, 2.45) is 0 Å². The molecule has 3 aliphatic rings. The van der Waals surface area contributed by atoms with Gasteiger partial charge in [-0.1, -0.05) is 18.2 Å². The van der Waals surface area contributed by atoms with Crippen LogP contribution < -0.4 is 20.3 Å². The summed E-state index contributed by atoms with van der Waals surface area (Å²) in [6, 6.07) is 19.4. The van der Waals surface area contributed by atoms with E-state index in [0.717, 1.165) is 79.4 Å². The van der Waals surface area contributed by atoms with Gasteiger partial charge in [0.1, 0.15) is 11.4 Å². The summed E-state index contributed by atoms with van der Waals surface area (Å²) in [5, 5.41) is 29.6. The predicted molar refractivity (Wildman–Crippen MR) is 163 cm³/mol. The molecule has 1 saturated heterocycles. The Bertz CT molecular complexity index is 1410. The van der Waals surface area contributed by atoms with Crippen LogP contribution in [0.25, 0.3) is 0 Å². The minimum atomic E-state index is -0.839. The highest BCUT2D eigenvalue weighted by molar-refractivity contribution is 7.10. The van der Waals surface area contributed by atoms with Gasteiger partial charge in [-0.05, 0) is 73.0 Å². The monoisotopic (exact) mass is 586 g/mol. The number of aliphatic hydroxyl groups excluding tert-OH is 1. The van der Waals surface area contributed by atoms with Gasteiger partial charge in [0, 0.05) is 48.2 Å². The smallest absolute Gasteiger partial charge is 0.225 e. The molecule has 3 N–H and O–H groups in total. The molecule has 220 valence electrons. The molecule has 1 spiro atoms. The maximum absolute atomic E-state index is 13.0. The van der Waals surface area contributed by atoms with Gasteiger partial charge < -0.3 is 30.1 Å². The van der Waals surface area contributed by atoms with Crippen LogP contribution in [-0.4, -0.2) is 61.6 Å². The van der Waals surface area contributed by atoms with Crippen molar-refractivity contribution in [2.75, 3.05) is 37.7 Å². The van der Waals surface area contributed by atoms with E-state index in [0.29, 0.717) is 18.5 Å². The normalized spacial score (nSPS) is 20.5. The first-order valence-electron chi connectivity index (χ1n) is 14.9. The third-order valence-corrected chi connectivity index (χ3v) is 9.60. The highest BCUT2D eigenvalue weighted by Crippen LogP contribution is 2.49. The number of fused-ring (bicyclic) bond motifs is 1. The average molecular weight is 587 g/mol. The SMILES string of the molecule is N#Cc1cccc(C[C@H](NC(=O)Cc2cccs2)[C@H](O)CN[C@H]2CC3(CCC3)Oc3ccc(N4CCOCC4)cc32)c1. The fraction of sp³-hybridized carbons (Fsp3) is 0.455. The van der Waals surface area contributed by atoms with Crippen molar-refractivity contribution in [3.8, 4) is 11.8 Å². The number of nitriles is 1. The van der Waals surface area contributed by atoms with Crippen molar-refractivity contribution in [3.63, 3.8) is 0 Å². The fourth-order valence-corrected chi connectivity index (χ4v) is 6.98. The second kappa shape index (κ2) is 12.8. The molecule has 2 aliphatic heterocycles. The predicted octanol–water partition coefficient (Wildman–Crippen LogP) is 4.12. The van der Waals surface area contributed by atoms with E-state index in [4.69, 9.17) is 9.47 Å². The highest BCUT2D eigenvalue weighted by Gasteiger charge is 2.45. The number of morpholine rings is 1. The van der Waals surface area contributed by atoms with Crippen molar-refractivity contribution in [1.82, 2.24) is 10.6 Å². The standard InChI is InChI=1S/C33H38N4O4S/c34-21-24-5-1-4-23(16-24)17-28(36-32(39)19-26-6-2-15-42-26)30(38)22-35-29-20-33(9-3-10-33)41-31-8-7-25(18-27(29)31)37-11-13-40-14-12-37/h1-2,4-8,15-16,18,28-30,35,38H,3,9-14,17,19-20,22H2,(H,36,39)/t28-,29-,30+/m0/s1. The lowest BCUT2D eigenvalue weighted by Gasteiger charge is -2.48. The van der Waals surface area contributed by atoms with Gasteiger partial charge in [-0.3, -0.25) is 4.79 Å². The molecule has 1 saturated carbocycles. The Kier molecular flexibility index (Phi) is 8.77. The topological polar surface area (TPSA) is 107 Å². The Morgan fingerprint density at radius 1 is 1.17 bits per heavy atom. The zero-order chi connectivity index (χ0) is 28.9. The number of nitrogens with one attached hydrogen (secondary N) is 2. The fourth-order valence-electron chi connectivity index (χ4n) is 6.28. The Labute approximate surface area is 251 Å². The van der Waals surface area contributed by atoms with Gasteiger partial charge in [0.15, 0.2) is 0 Å². The Balaban J connectivity index is 1.19. The number of rotatable bonds is 10. The van der Waals surface area contributed by atoms with E-state index in [2.05, 4.69) is 39.8 Å². The van der Waals surface area contributed by atoms with E-state index in [1.807, 2.05) is 35.7 Å². The first kappa shape index (κ1) is 28.7. The molecule has 1 amide bonds. The molecule has 42 heavy (non-hydrogen) atoms. The molecule has 3 heterocycles. The van der Waals surface area contributed by atoms with Crippen LogP contribution in [0.2, 0.25) is 0 Å². The minimum absolute atomic E-state index is 0.0223. The van der Waals surface area contributed by atoms with E-state index < -0.39 is 12.1 Å². The molecule has 0 unspecified atom stereocenters. The Morgan fingerprint density at radius 2 is 2.02 bits per heavy atom. The summed E-state index contributed by atoms with van der Waals surface area (Å²) in [6.07, 6.45) is 3.94. The molecule has 6 rings (SSSR count). The molecule has 0 radical (unpaired) electrons. The molecule has 1 aromatic heterocycles. The molecule has 1 aliphatic carbocycles. The third kappa shape index (κ3) is 6.63. The molecule has 3 atom stereocenters. The zero-order valence-corrected chi connectivity index (χ0v) is 24.6. The Hall–Kier alpha value is -3.42. The number of carbonyl (C=O) groups is 1. The molecule has 9 heteroatoms. The molecular weight excluding hydrogens is 548 g/mol. The summed E-state index contributed by atoms with van der Waals surface area (Å²) in [4.78, 5) is 16.3. The van der Waals surface area contributed by atoms with E-state index in [-0.39, 0.29) is 24.0 Å². The minimum Gasteiger partial charge on any atom is -0.487 e. The molecule has 3 aromatic rings. The van der Waals surface area contributed by atoms with Crippen LogP contribution in [0.3, 0.4) is 0 Å². The Morgan fingerprint density at radius 3 is 2.76 bits per heavy atom. The van der Waals surface area contributed by atoms with Crippen molar-refractivity contribution in [2.45, 2.75) is 62.3 Å². The molecule has 8 nitrogen and oxygen atoms in total. The summed E-state index contributed by atoms with van der Waals surface area (Å²) in [7, 11) is 0. The van der Waals surface area contributed by atoms with E-state index >= 15 is 0 Å². The van der Waals surface area contributed by atoms with Gasteiger partial charge in [0.2, 0.25) is 5.91 Å². The van der Waals surface area contributed by atoms with Crippen molar-refractivity contribution < 1.29 is 19.4 Å². The van der Waals surface area contributed by atoms with Crippen LogP contribution in [0.1, 0.15) is 53.3 Å². The first-order valence-corrected chi connectivity index (χ1v) is 15.8. The number of ether oxygens (including phenoxy) is 2. The highest BCUT2D eigenvalue weighted by atomic mass is 32.1.